The number of aliphatic carboxylic acids is 1. The first-order valence-corrected chi connectivity index (χ1v) is 16.0. The quantitative estimate of drug-likeness (QED) is 0.324. The Morgan fingerprint density at radius 1 is 1.07 bits per heavy atom. The fourth-order valence-electron chi connectivity index (χ4n) is 7.79. The first-order valence-electron chi connectivity index (χ1n) is 14.3. The Kier molecular flexibility index (Phi) is 6.93. The summed E-state index contributed by atoms with van der Waals surface area (Å²) in [4.78, 5) is 68.4. The summed E-state index contributed by atoms with van der Waals surface area (Å²) >= 11 is 2.73. The van der Waals surface area contributed by atoms with Gasteiger partial charge in [0.1, 0.15) is 5.75 Å². The maximum Gasteiger partial charge on any atom is 0.305 e. The number of anilines is 1. The topological polar surface area (TPSA) is 146 Å². The minimum Gasteiger partial charge on any atom is -0.483 e. The van der Waals surface area contributed by atoms with Crippen LogP contribution < -0.4 is 14.9 Å². The molecular formula is C31H29N3O7S2. The first kappa shape index (κ1) is 27.9. The molecule has 3 fully saturated rings. The molecule has 2 aliphatic carbocycles. The number of H-pyrrole nitrogens is 1. The molecule has 6 unspecified atom stereocenters. The molecule has 2 bridgehead atoms. The number of imide groups is 1. The summed E-state index contributed by atoms with van der Waals surface area (Å²) in [7, 11) is 0. The van der Waals surface area contributed by atoms with Crippen LogP contribution in [0.3, 0.4) is 0 Å². The monoisotopic (exact) mass is 619 g/mol. The molecule has 3 amide bonds. The highest BCUT2D eigenvalue weighted by molar-refractivity contribution is 8.00. The summed E-state index contributed by atoms with van der Waals surface area (Å²) < 4.78 is 6.11. The van der Waals surface area contributed by atoms with E-state index in [1.54, 1.807) is 11.8 Å². The molecular weight excluding hydrogens is 590 g/mol. The maximum absolute atomic E-state index is 13.6. The summed E-state index contributed by atoms with van der Waals surface area (Å²) in [5, 5.41) is 12.8. The number of likely N-dealkylation sites (tertiary alicyclic amines) is 1. The number of aryl methyl sites for hydroxylation is 1. The number of aromatic amines is 1. The standard InChI is InChI=1S/C31H29N3O7S2/c1-14-5-4-6-15(11-14)32-20(35)13-41-19-8-3-2-7-16(19)22-23-17-12-18(26(23)42-28-27(22)43-31(40)33-28)25-24(17)29(38)34(30(25)39)10-9-21(36)37/h2-8,11,17-18,22-26H,9-10,12-13H2,1H3,(H,32,35)(H,33,40)(H,36,37)/t17?,18?,22-,23?,24?,25?,26?/m1/s1. The van der Waals surface area contributed by atoms with Gasteiger partial charge in [0.15, 0.2) is 6.61 Å². The van der Waals surface area contributed by atoms with E-state index in [-0.39, 0.29) is 71.1 Å². The number of aromatic nitrogens is 1. The number of carbonyl (C=O) groups is 4. The zero-order chi connectivity index (χ0) is 30.0. The van der Waals surface area contributed by atoms with Crippen molar-refractivity contribution in [2.45, 2.75) is 36.0 Å². The van der Waals surface area contributed by atoms with E-state index in [1.165, 1.54) is 0 Å². The molecule has 7 atom stereocenters. The third kappa shape index (κ3) is 4.67. The minimum atomic E-state index is -1.05. The third-order valence-corrected chi connectivity index (χ3v) is 11.9. The van der Waals surface area contributed by atoms with Gasteiger partial charge in [-0.1, -0.05) is 41.7 Å². The van der Waals surface area contributed by atoms with E-state index in [4.69, 9.17) is 9.84 Å². The van der Waals surface area contributed by atoms with E-state index in [0.717, 1.165) is 43.7 Å². The van der Waals surface area contributed by atoms with Gasteiger partial charge in [-0.05, 0) is 54.9 Å². The Bertz CT molecular complexity index is 1720. The van der Waals surface area contributed by atoms with E-state index >= 15 is 0 Å². The van der Waals surface area contributed by atoms with Gasteiger partial charge in [0, 0.05) is 33.8 Å². The number of thiazole rings is 1. The predicted molar refractivity (Wildman–Crippen MR) is 159 cm³/mol. The van der Waals surface area contributed by atoms with Gasteiger partial charge in [-0.3, -0.25) is 28.9 Å². The Morgan fingerprint density at radius 2 is 1.84 bits per heavy atom. The van der Waals surface area contributed by atoms with Crippen molar-refractivity contribution in [3.8, 4) is 5.75 Å². The van der Waals surface area contributed by atoms with Gasteiger partial charge < -0.3 is 20.1 Å². The second kappa shape index (κ2) is 10.7. The van der Waals surface area contributed by atoms with E-state index in [0.29, 0.717) is 11.4 Å². The van der Waals surface area contributed by atoms with Gasteiger partial charge >= 0.3 is 10.8 Å². The van der Waals surface area contributed by atoms with Crippen LogP contribution in [-0.2, 0) is 19.2 Å². The Balaban J connectivity index is 1.20. The number of carboxylic acid groups (broad SMARTS) is 1. The molecule has 2 aromatic carbocycles. The number of nitrogens with zero attached hydrogens (tertiary/aromatic N) is 1. The van der Waals surface area contributed by atoms with Gasteiger partial charge in [-0.25, -0.2) is 0 Å². The van der Waals surface area contributed by atoms with Crippen LogP contribution in [-0.4, -0.2) is 57.1 Å². The molecule has 2 saturated carbocycles. The molecule has 0 spiro atoms. The molecule has 4 aliphatic rings. The van der Waals surface area contributed by atoms with E-state index in [9.17, 15) is 24.0 Å². The number of benzene rings is 2. The summed E-state index contributed by atoms with van der Waals surface area (Å²) in [6.07, 6.45) is 0.441. The largest absolute Gasteiger partial charge is 0.483 e. The second-order valence-electron chi connectivity index (χ2n) is 11.7. The molecule has 222 valence electrons. The maximum atomic E-state index is 13.6. The lowest BCUT2D eigenvalue weighted by atomic mass is 9.68. The van der Waals surface area contributed by atoms with Crippen molar-refractivity contribution in [3.63, 3.8) is 0 Å². The SMILES string of the molecule is Cc1cccc(NC(=O)COc2ccccc2[C@H]2c3sc(=O)[nH]c3SC3C4CC(C5C(=O)N(CCC(=O)O)C(=O)C45)C32)c1. The predicted octanol–water partition coefficient (Wildman–Crippen LogP) is 3.71. The number of ether oxygens (including phenoxy) is 1. The number of thioether (sulfide) groups is 1. The number of amides is 3. The molecule has 2 aliphatic heterocycles. The Morgan fingerprint density at radius 3 is 2.60 bits per heavy atom. The lowest BCUT2D eigenvalue weighted by Crippen LogP contribution is -2.42. The molecule has 10 nitrogen and oxygen atoms in total. The zero-order valence-corrected chi connectivity index (χ0v) is 24.8. The van der Waals surface area contributed by atoms with Crippen LogP contribution in [0.2, 0.25) is 0 Å². The van der Waals surface area contributed by atoms with Crippen LogP contribution in [0.15, 0.2) is 58.4 Å². The van der Waals surface area contributed by atoms with Crippen LogP contribution in [0.25, 0.3) is 0 Å². The molecule has 3 heterocycles. The second-order valence-corrected chi connectivity index (χ2v) is 13.9. The van der Waals surface area contributed by atoms with Crippen molar-refractivity contribution in [2.24, 2.45) is 29.6 Å². The number of para-hydroxylation sites is 1. The van der Waals surface area contributed by atoms with Crippen LogP contribution in [0.1, 0.15) is 34.8 Å². The van der Waals surface area contributed by atoms with E-state index < -0.39 is 17.8 Å². The van der Waals surface area contributed by atoms with Crippen molar-refractivity contribution in [1.82, 2.24) is 9.88 Å². The molecule has 1 saturated heterocycles. The molecule has 3 N–H and O–H groups in total. The molecule has 43 heavy (non-hydrogen) atoms. The van der Waals surface area contributed by atoms with Crippen molar-refractivity contribution in [1.29, 1.82) is 0 Å². The van der Waals surface area contributed by atoms with Crippen molar-refractivity contribution in [2.75, 3.05) is 18.5 Å². The fourth-order valence-corrected chi connectivity index (χ4v) is 10.7. The Hall–Kier alpha value is -3.90. The highest BCUT2D eigenvalue weighted by Gasteiger charge is 2.69. The number of nitrogens with one attached hydrogen (secondary N) is 2. The fraction of sp³-hybridized carbons (Fsp3) is 0.387. The normalized spacial score (nSPS) is 28.4. The van der Waals surface area contributed by atoms with E-state index in [2.05, 4.69) is 10.3 Å². The number of carboxylic acids is 1. The van der Waals surface area contributed by atoms with Crippen LogP contribution in [0, 0.1) is 36.5 Å². The van der Waals surface area contributed by atoms with Crippen LogP contribution in [0.5, 0.6) is 5.75 Å². The summed E-state index contributed by atoms with van der Waals surface area (Å²) in [6.45, 7) is 1.62. The zero-order valence-electron chi connectivity index (χ0n) is 23.1. The van der Waals surface area contributed by atoms with Crippen LogP contribution in [0.4, 0.5) is 5.69 Å². The highest BCUT2D eigenvalue weighted by Crippen LogP contribution is 2.69. The number of hydrogen-bond donors (Lipinski definition) is 3. The average Bonchev–Trinajstić information content (AvgIpc) is 3.70. The summed E-state index contributed by atoms with van der Waals surface area (Å²) in [5.41, 5.74) is 2.54. The lowest BCUT2D eigenvalue weighted by Gasteiger charge is -2.43. The summed E-state index contributed by atoms with van der Waals surface area (Å²) in [6, 6.07) is 15.0. The Labute approximate surface area is 254 Å². The number of hydrogen-bond acceptors (Lipinski definition) is 8. The van der Waals surface area contributed by atoms with Crippen LogP contribution >= 0.6 is 23.1 Å². The summed E-state index contributed by atoms with van der Waals surface area (Å²) in [5.74, 6) is -2.83. The number of rotatable bonds is 8. The third-order valence-electron chi connectivity index (χ3n) is 9.28. The number of carbonyl (C=O) groups excluding carboxylic acids is 3. The van der Waals surface area contributed by atoms with Crippen molar-refractivity contribution < 1.29 is 29.0 Å². The van der Waals surface area contributed by atoms with Gasteiger partial charge in [0.2, 0.25) is 11.8 Å². The highest BCUT2D eigenvalue weighted by atomic mass is 32.2. The first-order chi connectivity index (χ1) is 20.7. The minimum absolute atomic E-state index is 0.0113. The molecule has 7 rings (SSSR count). The van der Waals surface area contributed by atoms with Gasteiger partial charge in [0.25, 0.3) is 5.91 Å². The smallest absolute Gasteiger partial charge is 0.305 e. The van der Waals surface area contributed by atoms with Crippen molar-refractivity contribution >= 4 is 52.5 Å². The van der Waals surface area contributed by atoms with Gasteiger partial charge in [-0.2, -0.15) is 0 Å². The molecule has 1 aromatic heterocycles. The lowest BCUT2D eigenvalue weighted by molar-refractivity contribution is -0.142. The van der Waals surface area contributed by atoms with Gasteiger partial charge in [-0.15, -0.1) is 11.8 Å². The molecule has 3 aromatic rings. The molecule has 12 heteroatoms. The molecule has 0 radical (unpaired) electrons. The number of fused-ring (bicyclic) bond motifs is 9. The average molecular weight is 620 g/mol. The van der Waals surface area contributed by atoms with Crippen molar-refractivity contribution in [3.05, 3.63) is 74.2 Å². The van der Waals surface area contributed by atoms with E-state index in [1.807, 2.05) is 55.5 Å². The van der Waals surface area contributed by atoms with Gasteiger partial charge in [0.05, 0.1) is 23.3 Å².